The molecule has 0 aliphatic rings. The molecule has 0 spiro atoms. The third kappa shape index (κ3) is 3.96. The van der Waals surface area contributed by atoms with Crippen molar-refractivity contribution in [1.29, 1.82) is 0 Å². The van der Waals surface area contributed by atoms with Gasteiger partial charge in [0.15, 0.2) is 0 Å². The number of aromatic nitrogens is 2. The summed E-state index contributed by atoms with van der Waals surface area (Å²) >= 11 is 1.63. The van der Waals surface area contributed by atoms with Gasteiger partial charge in [-0.05, 0) is 63.3 Å². The molecule has 27 heavy (non-hydrogen) atoms. The van der Waals surface area contributed by atoms with Crippen molar-refractivity contribution in [2.24, 2.45) is 0 Å². The van der Waals surface area contributed by atoms with Crippen molar-refractivity contribution >= 4 is 17.2 Å². The number of halogens is 1. The molecule has 2 N–H and O–H groups in total. The lowest BCUT2D eigenvalue weighted by molar-refractivity contribution is 0.0946. The first-order chi connectivity index (χ1) is 13.2. The standard InChI is InChI=1S/C21H16FN3OS/c22-19-3-1-15(2-4-19)18-8-20(24-12-18)21(26)25-10-14-7-17(11-23-9-14)16-5-6-27-13-16/h1-9,11-13,24H,10H2,(H,25,26). The molecule has 0 fully saturated rings. The Balaban J connectivity index is 1.43. The summed E-state index contributed by atoms with van der Waals surface area (Å²) in [6.45, 7) is 0.384. The van der Waals surface area contributed by atoms with Gasteiger partial charge < -0.3 is 10.3 Å². The Bertz CT molecular complexity index is 1060. The molecule has 0 aliphatic carbocycles. The lowest BCUT2D eigenvalue weighted by Gasteiger charge is -2.05. The summed E-state index contributed by atoms with van der Waals surface area (Å²) in [6, 6.07) is 12.0. The normalized spacial score (nSPS) is 10.7. The molecule has 4 rings (SSSR count). The summed E-state index contributed by atoms with van der Waals surface area (Å²) in [5, 5.41) is 6.98. The first kappa shape index (κ1) is 17.2. The summed E-state index contributed by atoms with van der Waals surface area (Å²) in [5.74, 6) is -0.491. The summed E-state index contributed by atoms with van der Waals surface area (Å²) in [4.78, 5) is 19.6. The van der Waals surface area contributed by atoms with Crippen LogP contribution in [0.1, 0.15) is 16.1 Å². The number of hydrogen-bond acceptors (Lipinski definition) is 3. The van der Waals surface area contributed by atoms with Crippen molar-refractivity contribution in [2.75, 3.05) is 0 Å². The van der Waals surface area contributed by atoms with E-state index in [1.54, 1.807) is 41.9 Å². The Morgan fingerprint density at radius 3 is 2.67 bits per heavy atom. The number of pyridine rings is 1. The fraction of sp³-hybridized carbons (Fsp3) is 0.0476. The van der Waals surface area contributed by atoms with Gasteiger partial charge in [-0.3, -0.25) is 9.78 Å². The zero-order valence-electron chi connectivity index (χ0n) is 14.3. The Morgan fingerprint density at radius 1 is 1.04 bits per heavy atom. The van der Waals surface area contributed by atoms with E-state index in [9.17, 15) is 9.18 Å². The molecule has 6 heteroatoms. The lowest BCUT2D eigenvalue weighted by Crippen LogP contribution is -2.23. The molecule has 0 saturated carbocycles. The van der Waals surface area contributed by atoms with Gasteiger partial charge in [0, 0.05) is 30.7 Å². The predicted molar refractivity (Wildman–Crippen MR) is 105 cm³/mol. The highest BCUT2D eigenvalue weighted by molar-refractivity contribution is 7.08. The Morgan fingerprint density at radius 2 is 1.89 bits per heavy atom. The Hall–Kier alpha value is -3.25. The van der Waals surface area contributed by atoms with Gasteiger partial charge in [-0.2, -0.15) is 11.3 Å². The van der Waals surface area contributed by atoms with Gasteiger partial charge in [0.1, 0.15) is 11.5 Å². The SMILES string of the molecule is O=C(NCc1cncc(-c2ccsc2)c1)c1cc(-c2ccc(F)cc2)c[nH]1. The number of amides is 1. The van der Waals surface area contributed by atoms with Gasteiger partial charge in [-0.1, -0.05) is 12.1 Å². The second-order valence-electron chi connectivity index (χ2n) is 6.09. The van der Waals surface area contributed by atoms with Gasteiger partial charge in [-0.15, -0.1) is 0 Å². The molecule has 4 nitrogen and oxygen atoms in total. The monoisotopic (exact) mass is 377 g/mol. The minimum Gasteiger partial charge on any atom is -0.357 e. The molecule has 134 valence electrons. The maximum absolute atomic E-state index is 13.0. The fourth-order valence-corrected chi connectivity index (χ4v) is 3.45. The van der Waals surface area contributed by atoms with Crippen molar-refractivity contribution in [3.05, 3.63) is 88.9 Å². The van der Waals surface area contributed by atoms with Crippen LogP contribution in [0.15, 0.2) is 71.8 Å². The molecule has 3 aromatic heterocycles. The molecule has 4 aromatic rings. The van der Waals surface area contributed by atoms with Crippen LogP contribution in [0.4, 0.5) is 4.39 Å². The molecule has 1 amide bonds. The van der Waals surface area contributed by atoms with E-state index in [0.29, 0.717) is 12.2 Å². The number of nitrogens with zero attached hydrogens (tertiary/aromatic N) is 1. The van der Waals surface area contributed by atoms with Crippen LogP contribution in [0.2, 0.25) is 0 Å². The number of carbonyl (C=O) groups is 1. The van der Waals surface area contributed by atoms with E-state index >= 15 is 0 Å². The third-order valence-electron chi connectivity index (χ3n) is 4.21. The number of aromatic amines is 1. The Kier molecular flexibility index (Phi) is 4.80. The predicted octanol–water partition coefficient (Wildman–Crippen LogP) is 4.87. The molecule has 0 radical (unpaired) electrons. The highest BCUT2D eigenvalue weighted by Crippen LogP contribution is 2.22. The van der Waals surface area contributed by atoms with E-state index in [2.05, 4.69) is 20.7 Å². The molecule has 3 heterocycles. The van der Waals surface area contributed by atoms with Crippen LogP contribution in [0, 0.1) is 5.82 Å². The number of hydrogen-bond donors (Lipinski definition) is 2. The van der Waals surface area contributed by atoms with Crippen LogP contribution in [0.25, 0.3) is 22.3 Å². The minimum absolute atomic E-state index is 0.204. The molecule has 0 aliphatic heterocycles. The summed E-state index contributed by atoms with van der Waals surface area (Å²) in [6.07, 6.45) is 5.29. The summed E-state index contributed by atoms with van der Waals surface area (Å²) in [5.41, 5.74) is 5.21. The van der Waals surface area contributed by atoms with Crippen molar-refractivity contribution in [3.63, 3.8) is 0 Å². The number of carbonyl (C=O) groups excluding carboxylic acids is 1. The Labute approximate surface area is 159 Å². The molecule has 0 atom stereocenters. The van der Waals surface area contributed by atoms with Crippen LogP contribution >= 0.6 is 11.3 Å². The first-order valence-corrected chi connectivity index (χ1v) is 9.32. The zero-order valence-corrected chi connectivity index (χ0v) is 15.1. The van der Waals surface area contributed by atoms with Gasteiger partial charge in [-0.25, -0.2) is 4.39 Å². The van der Waals surface area contributed by atoms with E-state index in [4.69, 9.17) is 0 Å². The third-order valence-corrected chi connectivity index (χ3v) is 4.89. The number of rotatable bonds is 5. The summed E-state index contributed by atoms with van der Waals surface area (Å²) in [7, 11) is 0. The van der Waals surface area contributed by atoms with E-state index in [-0.39, 0.29) is 11.7 Å². The molecule has 0 saturated heterocycles. The van der Waals surface area contributed by atoms with Crippen LogP contribution in [0.3, 0.4) is 0 Å². The van der Waals surface area contributed by atoms with Crippen LogP contribution < -0.4 is 5.32 Å². The average Bonchev–Trinajstić information content (AvgIpc) is 3.39. The highest BCUT2D eigenvalue weighted by atomic mass is 32.1. The fourth-order valence-electron chi connectivity index (χ4n) is 2.78. The van der Waals surface area contributed by atoms with E-state index in [1.807, 2.05) is 23.7 Å². The number of thiophene rings is 1. The van der Waals surface area contributed by atoms with E-state index in [1.165, 1.54) is 12.1 Å². The van der Waals surface area contributed by atoms with E-state index in [0.717, 1.165) is 27.8 Å². The second kappa shape index (κ2) is 7.55. The lowest BCUT2D eigenvalue weighted by atomic mass is 10.1. The molecule has 1 aromatic carbocycles. The van der Waals surface area contributed by atoms with Crippen molar-refractivity contribution in [3.8, 4) is 22.3 Å². The number of nitrogens with one attached hydrogen (secondary N) is 2. The van der Waals surface area contributed by atoms with Gasteiger partial charge in [0.2, 0.25) is 0 Å². The van der Waals surface area contributed by atoms with Crippen molar-refractivity contribution in [2.45, 2.75) is 6.54 Å². The van der Waals surface area contributed by atoms with E-state index < -0.39 is 0 Å². The van der Waals surface area contributed by atoms with Gasteiger partial charge in [0.25, 0.3) is 5.91 Å². The maximum Gasteiger partial charge on any atom is 0.267 e. The molecular weight excluding hydrogens is 361 g/mol. The molecule has 0 unspecified atom stereocenters. The molecular formula is C21H16FN3OS. The van der Waals surface area contributed by atoms with Crippen molar-refractivity contribution in [1.82, 2.24) is 15.3 Å². The highest BCUT2D eigenvalue weighted by Gasteiger charge is 2.10. The van der Waals surface area contributed by atoms with Gasteiger partial charge >= 0.3 is 0 Å². The van der Waals surface area contributed by atoms with Crippen LogP contribution in [-0.4, -0.2) is 15.9 Å². The largest absolute Gasteiger partial charge is 0.357 e. The van der Waals surface area contributed by atoms with Crippen LogP contribution in [0.5, 0.6) is 0 Å². The first-order valence-electron chi connectivity index (χ1n) is 8.38. The minimum atomic E-state index is -0.287. The molecule has 0 bridgehead atoms. The number of benzene rings is 1. The zero-order chi connectivity index (χ0) is 18.6. The quantitative estimate of drug-likeness (QED) is 0.521. The van der Waals surface area contributed by atoms with Gasteiger partial charge in [0.05, 0.1) is 0 Å². The van der Waals surface area contributed by atoms with Crippen molar-refractivity contribution < 1.29 is 9.18 Å². The second-order valence-corrected chi connectivity index (χ2v) is 6.87. The average molecular weight is 377 g/mol. The number of H-pyrrole nitrogens is 1. The summed E-state index contributed by atoms with van der Waals surface area (Å²) < 4.78 is 13.0. The maximum atomic E-state index is 13.0. The topological polar surface area (TPSA) is 57.8 Å². The smallest absolute Gasteiger partial charge is 0.267 e. The van der Waals surface area contributed by atoms with Crippen LogP contribution in [-0.2, 0) is 6.54 Å².